The third kappa shape index (κ3) is 3.77. The van der Waals surface area contributed by atoms with E-state index in [1.165, 1.54) is 11.1 Å². The van der Waals surface area contributed by atoms with Crippen molar-refractivity contribution >= 4 is 0 Å². The maximum absolute atomic E-state index is 5.80. The van der Waals surface area contributed by atoms with Gasteiger partial charge in [-0.25, -0.2) is 0 Å². The molecule has 0 aliphatic carbocycles. The van der Waals surface area contributed by atoms with E-state index in [1.807, 2.05) is 42.5 Å². The van der Waals surface area contributed by atoms with Crippen molar-refractivity contribution in [3.63, 3.8) is 0 Å². The maximum Gasteiger partial charge on any atom is 0.127 e. The lowest BCUT2D eigenvalue weighted by molar-refractivity contribution is 0.482. The second kappa shape index (κ2) is 6.06. The lowest BCUT2D eigenvalue weighted by Crippen LogP contribution is -1.88. The first-order chi connectivity index (χ1) is 8.74. The molecular weight excluding hydrogens is 220 g/mol. The third-order valence-corrected chi connectivity index (χ3v) is 2.72. The van der Waals surface area contributed by atoms with Gasteiger partial charge in [-0.05, 0) is 49.6 Å². The molecule has 0 aromatic heterocycles. The summed E-state index contributed by atoms with van der Waals surface area (Å²) in [7, 11) is 0. The Balaban J connectivity index is 2.05. The van der Waals surface area contributed by atoms with Crippen LogP contribution in [0.5, 0.6) is 11.5 Å². The molecule has 0 aliphatic heterocycles. The lowest BCUT2D eigenvalue weighted by atomic mass is 10.1. The molecule has 0 saturated carbocycles. The molecule has 0 unspecified atom stereocenters. The second-order valence-electron chi connectivity index (χ2n) is 4.52. The third-order valence-electron chi connectivity index (χ3n) is 2.72. The first-order valence-corrected chi connectivity index (χ1v) is 6.20. The summed E-state index contributed by atoms with van der Waals surface area (Å²) in [6, 6.07) is 18.1. The molecule has 0 radical (unpaired) electrons. The van der Waals surface area contributed by atoms with E-state index in [4.69, 9.17) is 4.74 Å². The zero-order chi connectivity index (χ0) is 12.8. The SMILES string of the molecule is C=C(C)CCc1cccc(Oc2ccccc2)c1. The number of allylic oxidation sites excluding steroid dienone is 1. The molecule has 1 heteroatoms. The van der Waals surface area contributed by atoms with Crippen LogP contribution in [0.1, 0.15) is 18.9 Å². The topological polar surface area (TPSA) is 9.23 Å². The highest BCUT2D eigenvalue weighted by atomic mass is 16.5. The molecule has 0 heterocycles. The van der Waals surface area contributed by atoms with E-state index in [9.17, 15) is 0 Å². The van der Waals surface area contributed by atoms with Crippen molar-refractivity contribution in [1.82, 2.24) is 0 Å². The summed E-state index contributed by atoms with van der Waals surface area (Å²) in [5.74, 6) is 1.76. The lowest BCUT2D eigenvalue weighted by Gasteiger charge is -2.07. The molecule has 1 nitrogen and oxygen atoms in total. The highest BCUT2D eigenvalue weighted by molar-refractivity contribution is 5.34. The van der Waals surface area contributed by atoms with E-state index in [0.717, 1.165) is 24.3 Å². The molecule has 2 aromatic rings. The molecular formula is C17H18O. The van der Waals surface area contributed by atoms with E-state index in [1.54, 1.807) is 0 Å². The molecule has 0 amide bonds. The van der Waals surface area contributed by atoms with Crippen molar-refractivity contribution in [3.8, 4) is 11.5 Å². The Kier molecular flexibility index (Phi) is 4.19. The second-order valence-corrected chi connectivity index (χ2v) is 4.52. The summed E-state index contributed by atoms with van der Waals surface area (Å²) in [5.41, 5.74) is 2.50. The number of rotatable bonds is 5. The average Bonchev–Trinajstić information content (AvgIpc) is 2.38. The standard InChI is InChI=1S/C17H18O/c1-14(2)11-12-15-7-6-10-17(13-15)18-16-8-4-3-5-9-16/h3-10,13H,1,11-12H2,2H3. The average molecular weight is 238 g/mol. The first-order valence-electron chi connectivity index (χ1n) is 6.20. The normalized spacial score (nSPS) is 10.1. The van der Waals surface area contributed by atoms with E-state index in [0.29, 0.717) is 0 Å². The Bertz CT molecular complexity index is 514. The van der Waals surface area contributed by atoms with E-state index in [-0.39, 0.29) is 0 Å². The summed E-state index contributed by atoms with van der Waals surface area (Å²) in [6.07, 6.45) is 2.04. The zero-order valence-corrected chi connectivity index (χ0v) is 10.7. The Hall–Kier alpha value is -2.02. The van der Waals surface area contributed by atoms with Crippen molar-refractivity contribution in [3.05, 3.63) is 72.3 Å². The predicted octanol–water partition coefficient (Wildman–Crippen LogP) is 4.99. The number of aryl methyl sites for hydroxylation is 1. The van der Waals surface area contributed by atoms with Gasteiger partial charge in [-0.3, -0.25) is 0 Å². The Labute approximate surface area is 109 Å². The summed E-state index contributed by atoms with van der Waals surface area (Å²) in [4.78, 5) is 0. The van der Waals surface area contributed by atoms with Crippen molar-refractivity contribution in [2.24, 2.45) is 0 Å². The molecule has 0 spiro atoms. The van der Waals surface area contributed by atoms with Crippen LogP contribution in [0.4, 0.5) is 0 Å². The molecule has 18 heavy (non-hydrogen) atoms. The van der Waals surface area contributed by atoms with Gasteiger partial charge in [0.2, 0.25) is 0 Å². The van der Waals surface area contributed by atoms with E-state index >= 15 is 0 Å². The largest absolute Gasteiger partial charge is 0.457 e. The fourth-order valence-electron chi connectivity index (χ4n) is 1.75. The summed E-state index contributed by atoms with van der Waals surface area (Å²) < 4.78 is 5.80. The molecule has 92 valence electrons. The van der Waals surface area contributed by atoms with Crippen molar-refractivity contribution in [2.45, 2.75) is 19.8 Å². The van der Waals surface area contributed by atoms with Crippen molar-refractivity contribution in [1.29, 1.82) is 0 Å². The van der Waals surface area contributed by atoms with Gasteiger partial charge >= 0.3 is 0 Å². The highest BCUT2D eigenvalue weighted by Gasteiger charge is 1.99. The number of hydrogen-bond acceptors (Lipinski definition) is 1. The number of para-hydroxylation sites is 1. The first kappa shape index (κ1) is 12.4. The van der Waals surface area contributed by atoms with Gasteiger partial charge < -0.3 is 4.74 Å². The van der Waals surface area contributed by atoms with Crippen LogP contribution in [0.3, 0.4) is 0 Å². The zero-order valence-electron chi connectivity index (χ0n) is 10.7. The number of ether oxygens (including phenoxy) is 1. The van der Waals surface area contributed by atoms with Gasteiger partial charge in [-0.1, -0.05) is 35.9 Å². The number of benzene rings is 2. The van der Waals surface area contributed by atoms with Gasteiger partial charge in [0.1, 0.15) is 11.5 Å². The van der Waals surface area contributed by atoms with Gasteiger partial charge in [-0.2, -0.15) is 0 Å². The van der Waals surface area contributed by atoms with Gasteiger partial charge in [0.05, 0.1) is 0 Å². The molecule has 0 bridgehead atoms. The minimum atomic E-state index is 0.870. The van der Waals surface area contributed by atoms with Crippen LogP contribution in [0, 0.1) is 0 Å². The molecule has 2 rings (SSSR count). The van der Waals surface area contributed by atoms with Gasteiger partial charge in [0.15, 0.2) is 0 Å². The van der Waals surface area contributed by atoms with E-state index in [2.05, 4.69) is 25.6 Å². The van der Waals surface area contributed by atoms with Crippen LogP contribution >= 0.6 is 0 Å². The molecule has 0 atom stereocenters. The van der Waals surface area contributed by atoms with Crippen LogP contribution in [0.25, 0.3) is 0 Å². The molecule has 0 aliphatic rings. The summed E-state index contributed by atoms with van der Waals surface area (Å²) in [5, 5.41) is 0. The Morgan fingerprint density at radius 2 is 1.72 bits per heavy atom. The maximum atomic E-state index is 5.80. The predicted molar refractivity (Wildman–Crippen MR) is 76.1 cm³/mol. The number of hydrogen-bond donors (Lipinski definition) is 0. The van der Waals surface area contributed by atoms with Crippen LogP contribution < -0.4 is 4.74 Å². The van der Waals surface area contributed by atoms with Crippen LogP contribution in [-0.2, 0) is 6.42 Å². The van der Waals surface area contributed by atoms with Gasteiger partial charge in [0, 0.05) is 0 Å². The van der Waals surface area contributed by atoms with Crippen LogP contribution in [-0.4, -0.2) is 0 Å². The monoisotopic (exact) mass is 238 g/mol. The Morgan fingerprint density at radius 1 is 1.00 bits per heavy atom. The molecule has 0 N–H and O–H groups in total. The highest BCUT2D eigenvalue weighted by Crippen LogP contribution is 2.22. The minimum Gasteiger partial charge on any atom is -0.457 e. The molecule has 0 saturated heterocycles. The van der Waals surface area contributed by atoms with Crippen molar-refractivity contribution in [2.75, 3.05) is 0 Å². The van der Waals surface area contributed by atoms with Gasteiger partial charge in [-0.15, -0.1) is 6.58 Å². The van der Waals surface area contributed by atoms with E-state index < -0.39 is 0 Å². The van der Waals surface area contributed by atoms with Crippen LogP contribution in [0.2, 0.25) is 0 Å². The van der Waals surface area contributed by atoms with Crippen LogP contribution in [0.15, 0.2) is 66.7 Å². The smallest absolute Gasteiger partial charge is 0.127 e. The minimum absolute atomic E-state index is 0.870. The summed E-state index contributed by atoms with van der Waals surface area (Å²) >= 11 is 0. The molecule has 0 fully saturated rings. The fraction of sp³-hybridized carbons (Fsp3) is 0.176. The quantitative estimate of drug-likeness (QED) is 0.667. The Morgan fingerprint density at radius 3 is 2.44 bits per heavy atom. The fourth-order valence-corrected chi connectivity index (χ4v) is 1.75. The summed E-state index contributed by atoms with van der Waals surface area (Å²) in [6.45, 7) is 5.99. The van der Waals surface area contributed by atoms with Crippen molar-refractivity contribution < 1.29 is 4.74 Å². The molecule has 2 aromatic carbocycles. The van der Waals surface area contributed by atoms with Gasteiger partial charge in [0.25, 0.3) is 0 Å².